The summed E-state index contributed by atoms with van der Waals surface area (Å²) in [4.78, 5) is 15.4. The number of methoxy groups -OCH3 is 1. The lowest BCUT2D eigenvalue weighted by atomic mass is 10.3. The molecule has 0 bridgehead atoms. The van der Waals surface area contributed by atoms with E-state index in [9.17, 15) is 9.90 Å². The monoisotopic (exact) mass is 208 g/mol. The first-order chi connectivity index (χ1) is 7.13. The summed E-state index contributed by atoms with van der Waals surface area (Å²) in [5, 5.41) is 16.3. The second-order valence-electron chi connectivity index (χ2n) is 2.92. The van der Waals surface area contributed by atoms with E-state index in [1.807, 2.05) is 0 Å². The Labute approximate surface area is 84.3 Å². The normalized spacial score (nSPS) is 10.5. The molecule has 0 radical (unpaired) electrons. The molecule has 0 saturated heterocycles. The Hall–Kier alpha value is -2.18. The maximum atomic E-state index is 11.4. The van der Waals surface area contributed by atoms with Crippen LogP contribution in [0.4, 0.5) is 0 Å². The van der Waals surface area contributed by atoms with Crippen molar-refractivity contribution in [2.45, 2.75) is 6.92 Å². The highest BCUT2D eigenvalue weighted by atomic mass is 16.5. The SMILES string of the molecule is COC(=O)c1cc(C)nc2c(O)nnn12. The fourth-order valence-corrected chi connectivity index (χ4v) is 1.24. The molecule has 0 unspecified atom stereocenters. The lowest BCUT2D eigenvalue weighted by Crippen LogP contribution is -2.10. The molecule has 0 saturated carbocycles. The topological polar surface area (TPSA) is 89.6 Å². The number of carbonyl (C=O) groups is 1. The van der Waals surface area contributed by atoms with Gasteiger partial charge in [0.15, 0.2) is 5.69 Å². The van der Waals surface area contributed by atoms with Crippen LogP contribution in [0.25, 0.3) is 5.65 Å². The molecule has 1 N–H and O–H groups in total. The molecule has 78 valence electrons. The van der Waals surface area contributed by atoms with Crippen LogP contribution in [-0.4, -0.2) is 38.0 Å². The van der Waals surface area contributed by atoms with Gasteiger partial charge in [0.05, 0.1) is 7.11 Å². The molecule has 2 aromatic heterocycles. The molecule has 7 heteroatoms. The van der Waals surface area contributed by atoms with E-state index in [1.165, 1.54) is 13.2 Å². The van der Waals surface area contributed by atoms with E-state index in [1.54, 1.807) is 6.92 Å². The first-order valence-electron chi connectivity index (χ1n) is 4.14. The summed E-state index contributed by atoms with van der Waals surface area (Å²) in [5.74, 6) is -0.876. The van der Waals surface area contributed by atoms with E-state index in [4.69, 9.17) is 0 Å². The second-order valence-corrected chi connectivity index (χ2v) is 2.92. The molecule has 15 heavy (non-hydrogen) atoms. The van der Waals surface area contributed by atoms with Crippen LogP contribution >= 0.6 is 0 Å². The van der Waals surface area contributed by atoms with Gasteiger partial charge >= 0.3 is 5.97 Å². The van der Waals surface area contributed by atoms with Gasteiger partial charge in [-0.05, 0) is 13.0 Å². The molecule has 2 rings (SSSR count). The van der Waals surface area contributed by atoms with E-state index in [2.05, 4.69) is 20.0 Å². The molecule has 0 atom stereocenters. The van der Waals surface area contributed by atoms with Crippen molar-refractivity contribution in [3.63, 3.8) is 0 Å². The Morgan fingerprint density at radius 2 is 2.33 bits per heavy atom. The number of nitrogens with zero attached hydrogens (tertiary/aromatic N) is 4. The lowest BCUT2D eigenvalue weighted by molar-refractivity contribution is 0.0590. The van der Waals surface area contributed by atoms with Gasteiger partial charge in [0.2, 0.25) is 5.65 Å². The zero-order chi connectivity index (χ0) is 11.0. The Kier molecular flexibility index (Phi) is 2.00. The molecule has 0 aliphatic heterocycles. The highest BCUT2D eigenvalue weighted by Crippen LogP contribution is 2.14. The summed E-state index contributed by atoms with van der Waals surface area (Å²) < 4.78 is 5.70. The molecule has 7 nitrogen and oxygen atoms in total. The number of fused-ring (bicyclic) bond motifs is 1. The third-order valence-electron chi connectivity index (χ3n) is 1.88. The fourth-order valence-electron chi connectivity index (χ4n) is 1.24. The van der Waals surface area contributed by atoms with Gasteiger partial charge < -0.3 is 9.84 Å². The number of hydrogen-bond acceptors (Lipinski definition) is 6. The van der Waals surface area contributed by atoms with Crippen LogP contribution in [0.3, 0.4) is 0 Å². The highest BCUT2D eigenvalue weighted by molar-refractivity contribution is 5.88. The number of rotatable bonds is 1. The van der Waals surface area contributed by atoms with Gasteiger partial charge in [0.25, 0.3) is 5.88 Å². The van der Waals surface area contributed by atoms with Crippen LogP contribution in [0.2, 0.25) is 0 Å². The van der Waals surface area contributed by atoms with E-state index in [-0.39, 0.29) is 17.2 Å². The van der Waals surface area contributed by atoms with Crippen molar-refractivity contribution >= 4 is 11.6 Å². The average molecular weight is 208 g/mol. The van der Waals surface area contributed by atoms with Gasteiger partial charge in [0, 0.05) is 5.69 Å². The van der Waals surface area contributed by atoms with Crippen molar-refractivity contribution in [3.8, 4) is 5.88 Å². The van der Waals surface area contributed by atoms with E-state index in [0.717, 1.165) is 4.52 Å². The Bertz CT molecular complexity index is 534. The third-order valence-corrected chi connectivity index (χ3v) is 1.88. The minimum absolute atomic E-state index is 0.135. The number of aromatic nitrogens is 4. The Morgan fingerprint density at radius 1 is 1.60 bits per heavy atom. The number of carbonyl (C=O) groups excluding carboxylic acids is 1. The molecule has 0 aromatic carbocycles. The number of esters is 1. The lowest BCUT2D eigenvalue weighted by Gasteiger charge is -2.02. The zero-order valence-electron chi connectivity index (χ0n) is 8.13. The molecule has 0 spiro atoms. The second kappa shape index (κ2) is 3.19. The summed E-state index contributed by atoms with van der Waals surface area (Å²) in [6, 6.07) is 1.51. The minimum atomic E-state index is -0.560. The first kappa shape index (κ1) is 9.38. The van der Waals surface area contributed by atoms with Gasteiger partial charge in [-0.1, -0.05) is 10.3 Å². The smallest absolute Gasteiger partial charge is 0.356 e. The molecule has 0 amide bonds. The largest absolute Gasteiger partial charge is 0.489 e. The molecule has 2 heterocycles. The Morgan fingerprint density at radius 3 is 3.00 bits per heavy atom. The number of ether oxygens (including phenoxy) is 1. The zero-order valence-corrected chi connectivity index (χ0v) is 8.13. The van der Waals surface area contributed by atoms with E-state index in [0.29, 0.717) is 5.69 Å². The maximum absolute atomic E-state index is 11.4. The minimum Gasteiger partial charge on any atom is -0.489 e. The molecule has 0 aliphatic carbocycles. The van der Waals surface area contributed by atoms with Crippen LogP contribution in [0.15, 0.2) is 6.07 Å². The summed E-state index contributed by atoms with van der Waals surface area (Å²) in [6.07, 6.45) is 0. The average Bonchev–Trinajstić information content (AvgIpc) is 2.58. The predicted molar refractivity (Wildman–Crippen MR) is 48.5 cm³/mol. The molecule has 0 fully saturated rings. The molecular weight excluding hydrogens is 200 g/mol. The van der Waals surface area contributed by atoms with Crippen LogP contribution in [-0.2, 0) is 4.74 Å². The van der Waals surface area contributed by atoms with Gasteiger partial charge in [-0.3, -0.25) is 0 Å². The number of hydrogen-bond donors (Lipinski definition) is 1. The third kappa shape index (κ3) is 1.37. The van der Waals surface area contributed by atoms with Crippen molar-refractivity contribution in [2.24, 2.45) is 0 Å². The summed E-state index contributed by atoms with van der Waals surface area (Å²) in [7, 11) is 1.26. The van der Waals surface area contributed by atoms with Crippen molar-refractivity contribution in [1.29, 1.82) is 0 Å². The van der Waals surface area contributed by atoms with Gasteiger partial charge in [-0.25, -0.2) is 9.78 Å². The van der Waals surface area contributed by atoms with E-state index < -0.39 is 5.97 Å². The first-order valence-corrected chi connectivity index (χ1v) is 4.14. The van der Waals surface area contributed by atoms with Crippen LogP contribution in [0.1, 0.15) is 16.2 Å². The summed E-state index contributed by atoms with van der Waals surface area (Å²) in [6.45, 7) is 1.69. The standard InChI is InChI=1S/C8H8N4O3/c1-4-3-5(8(14)15-2)12-6(9-4)7(13)10-11-12/h3,13H,1-2H3. The van der Waals surface area contributed by atoms with Crippen molar-refractivity contribution in [2.75, 3.05) is 7.11 Å². The van der Waals surface area contributed by atoms with Crippen LogP contribution in [0.5, 0.6) is 5.88 Å². The van der Waals surface area contributed by atoms with Crippen molar-refractivity contribution in [3.05, 3.63) is 17.5 Å². The van der Waals surface area contributed by atoms with E-state index >= 15 is 0 Å². The van der Waals surface area contributed by atoms with Gasteiger partial charge in [-0.2, -0.15) is 4.52 Å². The summed E-state index contributed by atoms with van der Waals surface area (Å²) in [5.41, 5.74) is 0.878. The van der Waals surface area contributed by atoms with Crippen LogP contribution < -0.4 is 0 Å². The van der Waals surface area contributed by atoms with Crippen molar-refractivity contribution < 1.29 is 14.6 Å². The van der Waals surface area contributed by atoms with Gasteiger partial charge in [-0.15, -0.1) is 0 Å². The van der Waals surface area contributed by atoms with Crippen LogP contribution in [0, 0.1) is 6.92 Å². The quantitative estimate of drug-likeness (QED) is 0.659. The highest BCUT2D eigenvalue weighted by Gasteiger charge is 2.16. The number of aryl methyl sites for hydroxylation is 1. The molecular formula is C8H8N4O3. The van der Waals surface area contributed by atoms with Crippen molar-refractivity contribution in [1.82, 2.24) is 19.8 Å². The Balaban J connectivity index is 2.78. The molecule has 2 aromatic rings. The maximum Gasteiger partial charge on any atom is 0.356 e. The predicted octanol–water partition coefficient (Wildman–Crippen LogP) is -0.0751. The molecule has 0 aliphatic rings. The summed E-state index contributed by atoms with van der Waals surface area (Å²) >= 11 is 0. The fraction of sp³-hybridized carbons (Fsp3) is 0.250. The number of aromatic hydroxyl groups is 1. The van der Waals surface area contributed by atoms with Gasteiger partial charge in [0.1, 0.15) is 0 Å².